The molecular formula is C8H12ClN3O. The van der Waals surface area contributed by atoms with Gasteiger partial charge in [-0.05, 0) is 6.42 Å². The maximum absolute atomic E-state index is 11.4. The molecule has 1 aromatic rings. The number of nitrogens with zero attached hydrogens (tertiary/aromatic N) is 2. The summed E-state index contributed by atoms with van der Waals surface area (Å²) in [6, 6.07) is 0. The van der Waals surface area contributed by atoms with Gasteiger partial charge < -0.3 is 5.32 Å². The van der Waals surface area contributed by atoms with E-state index in [-0.39, 0.29) is 5.91 Å². The van der Waals surface area contributed by atoms with Gasteiger partial charge in [-0.15, -0.1) is 0 Å². The van der Waals surface area contributed by atoms with Gasteiger partial charge in [0.1, 0.15) is 5.69 Å². The zero-order valence-electron chi connectivity index (χ0n) is 7.67. The average molecular weight is 202 g/mol. The van der Waals surface area contributed by atoms with Crippen LogP contribution in [-0.4, -0.2) is 22.2 Å². The van der Waals surface area contributed by atoms with Gasteiger partial charge in [0.05, 0.1) is 11.2 Å². The second-order valence-electron chi connectivity index (χ2n) is 2.72. The van der Waals surface area contributed by atoms with E-state index in [9.17, 15) is 4.79 Å². The Balaban J connectivity index is 2.76. The van der Waals surface area contributed by atoms with Gasteiger partial charge in [-0.1, -0.05) is 18.5 Å². The van der Waals surface area contributed by atoms with E-state index in [0.29, 0.717) is 17.3 Å². The number of hydrogen-bond donors (Lipinski definition) is 1. The van der Waals surface area contributed by atoms with Crippen molar-refractivity contribution in [2.24, 2.45) is 7.05 Å². The zero-order valence-corrected chi connectivity index (χ0v) is 8.43. The lowest BCUT2D eigenvalue weighted by atomic mass is 10.4. The minimum absolute atomic E-state index is 0.174. The standard InChI is InChI=1S/C8H12ClN3O/c1-3-4-10-8(13)7-6(9)5-11-12(7)2/h5H,3-4H2,1-2H3,(H,10,13). The third-order valence-corrected chi connectivity index (χ3v) is 1.92. The van der Waals surface area contributed by atoms with E-state index in [1.807, 2.05) is 6.92 Å². The Morgan fingerprint density at radius 2 is 2.46 bits per heavy atom. The normalized spacial score (nSPS) is 10.1. The molecule has 13 heavy (non-hydrogen) atoms. The number of nitrogens with one attached hydrogen (secondary N) is 1. The van der Waals surface area contributed by atoms with Crippen LogP contribution in [-0.2, 0) is 7.05 Å². The number of amides is 1. The Morgan fingerprint density at radius 3 is 2.92 bits per heavy atom. The van der Waals surface area contributed by atoms with Crippen molar-refractivity contribution >= 4 is 17.5 Å². The largest absolute Gasteiger partial charge is 0.351 e. The minimum Gasteiger partial charge on any atom is -0.351 e. The third-order valence-electron chi connectivity index (χ3n) is 1.64. The number of hydrogen-bond acceptors (Lipinski definition) is 2. The highest BCUT2D eigenvalue weighted by atomic mass is 35.5. The minimum atomic E-state index is -0.174. The Labute approximate surface area is 81.9 Å². The first-order valence-electron chi connectivity index (χ1n) is 4.12. The van der Waals surface area contributed by atoms with Crippen molar-refractivity contribution in [1.82, 2.24) is 15.1 Å². The maximum atomic E-state index is 11.4. The molecule has 0 aliphatic rings. The number of carbonyl (C=O) groups is 1. The van der Waals surface area contributed by atoms with E-state index in [2.05, 4.69) is 10.4 Å². The number of rotatable bonds is 3. The van der Waals surface area contributed by atoms with Gasteiger partial charge >= 0.3 is 0 Å². The highest BCUT2D eigenvalue weighted by molar-refractivity contribution is 6.33. The van der Waals surface area contributed by atoms with Crippen molar-refractivity contribution in [2.75, 3.05) is 6.54 Å². The topological polar surface area (TPSA) is 46.9 Å². The Bertz CT molecular complexity index is 289. The Kier molecular flexibility index (Phi) is 3.31. The molecule has 0 spiro atoms. The van der Waals surface area contributed by atoms with Crippen molar-refractivity contribution in [3.63, 3.8) is 0 Å². The summed E-state index contributed by atoms with van der Waals surface area (Å²) in [7, 11) is 1.69. The summed E-state index contributed by atoms with van der Waals surface area (Å²) in [5, 5.41) is 6.99. The molecule has 72 valence electrons. The number of aromatic nitrogens is 2. The van der Waals surface area contributed by atoms with E-state index >= 15 is 0 Å². The summed E-state index contributed by atoms with van der Waals surface area (Å²) in [5.41, 5.74) is 0.412. The van der Waals surface area contributed by atoms with E-state index < -0.39 is 0 Å². The molecule has 1 amide bonds. The molecule has 1 heterocycles. The smallest absolute Gasteiger partial charge is 0.271 e. The van der Waals surface area contributed by atoms with Gasteiger partial charge in [0, 0.05) is 13.6 Å². The summed E-state index contributed by atoms with van der Waals surface area (Å²) in [4.78, 5) is 11.4. The predicted molar refractivity (Wildman–Crippen MR) is 50.8 cm³/mol. The highest BCUT2D eigenvalue weighted by Crippen LogP contribution is 2.13. The lowest BCUT2D eigenvalue weighted by molar-refractivity contribution is 0.0944. The first-order valence-corrected chi connectivity index (χ1v) is 4.50. The fourth-order valence-electron chi connectivity index (χ4n) is 0.988. The molecule has 1 aromatic heterocycles. The van der Waals surface area contributed by atoms with Crippen LogP contribution in [0.3, 0.4) is 0 Å². The molecule has 0 saturated carbocycles. The second kappa shape index (κ2) is 4.28. The van der Waals surface area contributed by atoms with Gasteiger partial charge in [0.2, 0.25) is 0 Å². The summed E-state index contributed by atoms with van der Waals surface area (Å²) in [6.45, 7) is 2.64. The van der Waals surface area contributed by atoms with Crippen LogP contribution in [0, 0.1) is 0 Å². The molecule has 0 radical (unpaired) electrons. The van der Waals surface area contributed by atoms with Crippen LogP contribution in [0.25, 0.3) is 0 Å². The first-order chi connectivity index (χ1) is 6.16. The van der Waals surface area contributed by atoms with Gasteiger partial charge in [-0.25, -0.2) is 0 Å². The molecule has 0 aliphatic carbocycles. The molecule has 5 heteroatoms. The molecule has 1 N–H and O–H groups in total. The molecule has 0 unspecified atom stereocenters. The molecular weight excluding hydrogens is 190 g/mol. The molecule has 1 rings (SSSR count). The molecule has 0 fully saturated rings. The highest BCUT2D eigenvalue weighted by Gasteiger charge is 2.14. The van der Waals surface area contributed by atoms with Crippen molar-refractivity contribution in [3.05, 3.63) is 16.9 Å². The van der Waals surface area contributed by atoms with E-state index in [1.54, 1.807) is 7.05 Å². The van der Waals surface area contributed by atoms with E-state index in [1.165, 1.54) is 10.9 Å². The number of aryl methyl sites for hydroxylation is 1. The number of halogens is 1. The van der Waals surface area contributed by atoms with Crippen LogP contribution < -0.4 is 5.32 Å². The maximum Gasteiger partial charge on any atom is 0.271 e. The molecule has 0 aliphatic heterocycles. The van der Waals surface area contributed by atoms with Crippen LogP contribution in [0.2, 0.25) is 5.02 Å². The van der Waals surface area contributed by atoms with Crippen LogP contribution in [0.15, 0.2) is 6.20 Å². The third kappa shape index (κ3) is 2.21. The molecule has 4 nitrogen and oxygen atoms in total. The quantitative estimate of drug-likeness (QED) is 0.799. The SMILES string of the molecule is CCCNC(=O)c1c(Cl)cnn1C. The molecule has 0 aromatic carbocycles. The monoisotopic (exact) mass is 201 g/mol. The zero-order chi connectivity index (χ0) is 9.84. The predicted octanol–water partition coefficient (Wildman–Crippen LogP) is 1.21. The van der Waals surface area contributed by atoms with E-state index in [0.717, 1.165) is 6.42 Å². The number of carbonyl (C=O) groups excluding carboxylic acids is 1. The fraction of sp³-hybridized carbons (Fsp3) is 0.500. The van der Waals surface area contributed by atoms with Crippen LogP contribution in [0.4, 0.5) is 0 Å². The van der Waals surface area contributed by atoms with Gasteiger partial charge in [-0.2, -0.15) is 5.10 Å². The average Bonchev–Trinajstić information content (AvgIpc) is 2.42. The summed E-state index contributed by atoms with van der Waals surface area (Å²) in [6.07, 6.45) is 2.36. The van der Waals surface area contributed by atoms with Crippen LogP contribution in [0.5, 0.6) is 0 Å². The van der Waals surface area contributed by atoms with Crippen molar-refractivity contribution < 1.29 is 4.79 Å². The molecule has 0 bridgehead atoms. The fourth-order valence-corrected chi connectivity index (χ4v) is 1.24. The van der Waals surface area contributed by atoms with Gasteiger partial charge in [0.25, 0.3) is 5.91 Å². The Morgan fingerprint density at radius 1 is 1.77 bits per heavy atom. The summed E-state index contributed by atoms with van der Waals surface area (Å²) < 4.78 is 1.47. The van der Waals surface area contributed by atoms with E-state index in [4.69, 9.17) is 11.6 Å². The van der Waals surface area contributed by atoms with Crippen molar-refractivity contribution in [1.29, 1.82) is 0 Å². The second-order valence-corrected chi connectivity index (χ2v) is 3.13. The summed E-state index contributed by atoms with van der Waals surface area (Å²) in [5.74, 6) is -0.174. The molecule has 0 atom stereocenters. The summed E-state index contributed by atoms with van der Waals surface area (Å²) >= 11 is 5.77. The van der Waals surface area contributed by atoms with Crippen LogP contribution in [0.1, 0.15) is 23.8 Å². The van der Waals surface area contributed by atoms with Crippen LogP contribution >= 0.6 is 11.6 Å². The lowest BCUT2D eigenvalue weighted by Gasteiger charge is -2.03. The van der Waals surface area contributed by atoms with Crippen molar-refractivity contribution in [2.45, 2.75) is 13.3 Å². The first kappa shape index (κ1) is 10.1. The Hall–Kier alpha value is -1.03. The van der Waals surface area contributed by atoms with Crippen molar-refractivity contribution in [3.8, 4) is 0 Å². The molecule has 0 saturated heterocycles. The van der Waals surface area contributed by atoms with Gasteiger partial charge in [0.15, 0.2) is 0 Å². The van der Waals surface area contributed by atoms with Gasteiger partial charge in [-0.3, -0.25) is 9.48 Å². The lowest BCUT2D eigenvalue weighted by Crippen LogP contribution is -2.26.